The zero-order chi connectivity index (χ0) is 10.8. The molecule has 2 aromatic heterocycles. The number of rotatable bonds is 3. The van der Waals surface area contributed by atoms with Gasteiger partial charge in [0.05, 0.1) is 6.04 Å². The van der Waals surface area contributed by atoms with Gasteiger partial charge in [0.2, 0.25) is 0 Å². The molecular weight excluding hydrogens is 188 g/mol. The average Bonchev–Trinajstić information content (AvgIpc) is 2.70. The van der Waals surface area contributed by atoms with Gasteiger partial charge in [-0.3, -0.25) is 4.40 Å². The van der Waals surface area contributed by atoms with E-state index < -0.39 is 0 Å². The molecule has 2 heterocycles. The molecule has 0 radical (unpaired) electrons. The molecule has 0 aliphatic carbocycles. The first-order valence-corrected chi connectivity index (χ1v) is 5.29. The number of hydrogen-bond acceptors (Lipinski definition) is 3. The highest BCUT2D eigenvalue weighted by molar-refractivity contribution is 5.37. The molecule has 0 bridgehead atoms. The third-order valence-electron chi connectivity index (χ3n) is 2.90. The van der Waals surface area contributed by atoms with Crippen LogP contribution in [0.1, 0.15) is 32.1 Å². The summed E-state index contributed by atoms with van der Waals surface area (Å²) in [5, 5.41) is 8.24. The lowest BCUT2D eigenvalue weighted by atomic mass is 9.99. The molecule has 0 aromatic carbocycles. The quantitative estimate of drug-likeness (QED) is 0.829. The van der Waals surface area contributed by atoms with Crippen molar-refractivity contribution in [1.82, 2.24) is 14.6 Å². The Hall–Kier alpha value is -1.42. The summed E-state index contributed by atoms with van der Waals surface area (Å²) in [7, 11) is 0. The van der Waals surface area contributed by atoms with Gasteiger partial charge in [-0.05, 0) is 18.1 Å². The lowest BCUT2D eigenvalue weighted by molar-refractivity contribution is 0.436. The van der Waals surface area contributed by atoms with E-state index in [4.69, 9.17) is 5.73 Å². The van der Waals surface area contributed by atoms with Crippen molar-refractivity contribution in [1.29, 1.82) is 0 Å². The number of pyridine rings is 1. The third kappa shape index (κ3) is 1.72. The summed E-state index contributed by atoms with van der Waals surface area (Å²) in [6.45, 7) is 4.27. The van der Waals surface area contributed by atoms with Crippen LogP contribution in [0.3, 0.4) is 0 Å². The molecule has 0 aliphatic rings. The summed E-state index contributed by atoms with van der Waals surface area (Å²) in [5.41, 5.74) is 6.99. The molecule has 4 nitrogen and oxygen atoms in total. The fourth-order valence-electron chi connectivity index (χ4n) is 1.60. The maximum Gasteiger partial charge on any atom is 0.160 e. The number of hydrogen-bond donors (Lipinski definition) is 1. The smallest absolute Gasteiger partial charge is 0.160 e. The Balaban J connectivity index is 2.43. The van der Waals surface area contributed by atoms with Crippen LogP contribution in [0.25, 0.3) is 5.65 Å². The van der Waals surface area contributed by atoms with Crippen LogP contribution >= 0.6 is 0 Å². The summed E-state index contributed by atoms with van der Waals surface area (Å²) < 4.78 is 1.96. The zero-order valence-corrected chi connectivity index (χ0v) is 9.09. The molecule has 0 saturated carbocycles. The molecule has 2 unspecified atom stereocenters. The van der Waals surface area contributed by atoms with Gasteiger partial charge in [-0.25, -0.2) is 0 Å². The topological polar surface area (TPSA) is 56.2 Å². The van der Waals surface area contributed by atoms with E-state index in [1.807, 2.05) is 28.8 Å². The van der Waals surface area contributed by atoms with Gasteiger partial charge in [0, 0.05) is 6.20 Å². The molecule has 0 amide bonds. The Morgan fingerprint density at radius 2 is 2.20 bits per heavy atom. The van der Waals surface area contributed by atoms with Gasteiger partial charge in [0.25, 0.3) is 0 Å². The fourth-order valence-corrected chi connectivity index (χ4v) is 1.60. The summed E-state index contributed by atoms with van der Waals surface area (Å²) in [6.07, 6.45) is 3.00. The van der Waals surface area contributed by atoms with Crippen molar-refractivity contribution in [2.45, 2.75) is 26.3 Å². The summed E-state index contributed by atoms with van der Waals surface area (Å²) in [6, 6.07) is 5.79. The first kappa shape index (κ1) is 10.1. The SMILES string of the molecule is CCC(C)C(N)c1nnc2ccccn12. The Bertz CT molecular complexity index is 449. The van der Waals surface area contributed by atoms with Gasteiger partial charge in [-0.1, -0.05) is 26.3 Å². The maximum atomic E-state index is 6.14. The van der Waals surface area contributed by atoms with Crippen molar-refractivity contribution in [3.05, 3.63) is 30.2 Å². The highest BCUT2D eigenvalue weighted by Gasteiger charge is 2.18. The van der Waals surface area contributed by atoms with Crippen LogP contribution in [-0.2, 0) is 0 Å². The molecule has 2 N–H and O–H groups in total. The summed E-state index contributed by atoms with van der Waals surface area (Å²) in [4.78, 5) is 0. The van der Waals surface area contributed by atoms with Gasteiger partial charge in [-0.15, -0.1) is 10.2 Å². The number of fused-ring (bicyclic) bond motifs is 1. The van der Waals surface area contributed by atoms with Crippen molar-refractivity contribution in [3.63, 3.8) is 0 Å². The number of nitrogens with zero attached hydrogens (tertiary/aromatic N) is 3. The van der Waals surface area contributed by atoms with Crippen LogP contribution in [0.2, 0.25) is 0 Å². The highest BCUT2D eigenvalue weighted by atomic mass is 15.3. The lowest BCUT2D eigenvalue weighted by Crippen LogP contribution is -2.21. The van der Waals surface area contributed by atoms with E-state index in [9.17, 15) is 0 Å². The molecule has 0 saturated heterocycles. The largest absolute Gasteiger partial charge is 0.321 e. The van der Waals surface area contributed by atoms with E-state index in [1.165, 1.54) is 0 Å². The van der Waals surface area contributed by atoms with Gasteiger partial charge in [0.15, 0.2) is 11.5 Å². The van der Waals surface area contributed by atoms with Crippen molar-refractivity contribution in [2.24, 2.45) is 11.7 Å². The molecule has 0 aliphatic heterocycles. The molecule has 2 aromatic rings. The normalized spacial score (nSPS) is 15.4. The number of nitrogens with two attached hydrogens (primary N) is 1. The Kier molecular flexibility index (Phi) is 2.68. The minimum Gasteiger partial charge on any atom is -0.321 e. The van der Waals surface area contributed by atoms with E-state index >= 15 is 0 Å². The molecule has 0 spiro atoms. The molecule has 2 rings (SSSR count). The van der Waals surface area contributed by atoms with E-state index in [0.29, 0.717) is 5.92 Å². The van der Waals surface area contributed by atoms with Gasteiger partial charge >= 0.3 is 0 Å². The number of aromatic nitrogens is 3. The average molecular weight is 204 g/mol. The molecule has 0 fully saturated rings. The van der Waals surface area contributed by atoms with Crippen molar-refractivity contribution in [2.75, 3.05) is 0 Å². The monoisotopic (exact) mass is 204 g/mol. The van der Waals surface area contributed by atoms with Crippen molar-refractivity contribution >= 4 is 5.65 Å². The molecule has 2 atom stereocenters. The minimum atomic E-state index is -0.0487. The van der Waals surface area contributed by atoms with Crippen LogP contribution in [0.15, 0.2) is 24.4 Å². The Morgan fingerprint density at radius 3 is 2.93 bits per heavy atom. The van der Waals surface area contributed by atoms with E-state index in [-0.39, 0.29) is 6.04 Å². The Morgan fingerprint density at radius 1 is 1.40 bits per heavy atom. The molecular formula is C11H16N4. The van der Waals surface area contributed by atoms with Crippen molar-refractivity contribution in [3.8, 4) is 0 Å². The van der Waals surface area contributed by atoms with E-state index in [1.54, 1.807) is 0 Å². The van der Waals surface area contributed by atoms with Crippen LogP contribution in [0.4, 0.5) is 0 Å². The highest BCUT2D eigenvalue weighted by Crippen LogP contribution is 2.20. The standard InChI is InChI=1S/C11H16N4/c1-3-8(2)10(12)11-14-13-9-6-4-5-7-15(9)11/h4-8,10H,3,12H2,1-2H3. The second-order valence-corrected chi connectivity index (χ2v) is 3.90. The van der Waals surface area contributed by atoms with Crippen LogP contribution in [0, 0.1) is 5.92 Å². The second kappa shape index (κ2) is 3.98. The van der Waals surface area contributed by atoms with Crippen LogP contribution in [-0.4, -0.2) is 14.6 Å². The van der Waals surface area contributed by atoms with Crippen LogP contribution in [0.5, 0.6) is 0 Å². The maximum absolute atomic E-state index is 6.14. The summed E-state index contributed by atoms with van der Waals surface area (Å²) >= 11 is 0. The van der Waals surface area contributed by atoms with E-state index in [2.05, 4.69) is 24.0 Å². The first-order valence-electron chi connectivity index (χ1n) is 5.29. The zero-order valence-electron chi connectivity index (χ0n) is 9.09. The summed E-state index contributed by atoms with van der Waals surface area (Å²) in [5.74, 6) is 1.26. The van der Waals surface area contributed by atoms with Gasteiger partial charge in [-0.2, -0.15) is 0 Å². The van der Waals surface area contributed by atoms with Gasteiger partial charge in [0.1, 0.15) is 0 Å². The third-order valence-corrected chi connectivity index (χ3v) is 2.90. The second-order valence-electron chi connectivity index (χ2n) is 3.90. The predicted molar refractivity (Wildman–Crippen MR) is 59.4 cm³/mol. The minimum absolute atomic E-state index is 0.0487. The first-order chi connectivity index (χ1) is 7.24. The van der Waals surface area contributed by atoms with Gasteiger partial charge < -0.3 is 5.73 Å². The fraction of sp³-hybridized carbons (Fsp3) is 0.455. The predicted octanol–water partition coefficient (Wildman–Crippen LogP) is 1.78. The Labute approximate surface area is 89.1 Å². The van der Waals surface area contributed by atoms with Crippen LogP contribution < -0.4 is 5.73 Å². The lowest BCUT2D eigenvalue weighted by Gasteiger charge is -2.16. The van der Waals surface area contributed by atoms with E-state index in [0.717, 1.165) is 17.9 Å². The van der Waals surface area contributed by atoms with Crippen molar-refractivity contribution < 1.29 is 0 Å². The molecule has 80 valence electrons. The molecule has 4 heteroatoms. The molecule has 15 heavy (non-hydrogen) atoms.